The van der Waals surface area contributed by atoms with E-state index in [1.165, 1.54) is 25.7 Å². The Morgan fingerprint density at radius 3 is 2.89 bits per heavy atom. The van der Waals surface area contributed by atoms with Crippen LogP contribution in [0.4, 0.5) is 0 Å². The van der Waals surface area contributed by atoms with E-state index in [0.717, 1.165) is 44.9 Å². The van der Waals surface area contributed by atoms with Gasteiger partial charge in [0.15, 0.2) is 0 Å². The number of hydrogen-bond acceptors (Lipinski definition) is 2. The van der Waals surface area contributed by atoms with E-state index in [2.05, 4.69) is 24.1 Å². The second-order valence-corrected chi connectivity index (χ2v) is 6.48. The highest BCUT2D eigenvalue weighted by molar-refractivity contribution is 5.85. The minimum absolute atomic E-state index is 0. The summed E-state index contributed by atoms with van der Waals surface area (Å²) in [6.07, 6.45) is 6.72. The molecule has 3 nitrogen and oxygen atoms in total. The molecule has 2 atom stereocenters. The van der Waals surface area contributed by atoms with E-state index in [1.54, 1.807) is 0 Å². The third-order valence-corrected chi connectivity index (χ3v) is 4.92. The van der Waals surface area contributed by atoms with Crippen LogP contribution >= 0.6 is 12.4 Å². The lowest BCUT2D eigenvalue weighted by Gasteiger charge is -2.40. The third kappa shape index (κ3) is 4.64. The molecule has 0 bridgehead atoms. The van der Waals surface area contributed by atoms with Gasteiger partial charge in [-0.05, 0) is 56.5 Å². The molecule has 0 spiro atoms. The van der Waals surface area contributed by atoms with Gasteiger partial charge in [0.25, 0.3) is 0 Å². The van der Waals surface area contributed by atoms with E-state index < -0.39 is 0 Å². The van der Waals surface area contributed by atoms with Crippen molar-refractivity contribution in [3.63, 3.8) is 0 Å². The number of nitrogens with one attached hydrogen (secondary N) is 1. The van der Waals surface area contributed by atoms with Crippen LogP contribution in [-0.4, -0.2) is 37.0 Å². The smallest absolute Gasteiger partial charge is 0.222 e. The number of carbonyl (C=O) groups is 1. The molecule has 2 unspecified atom stereocenters. The zero-order valence-electron chi connectivity index (χ0n) is 12.4. The number of rotatable bonds is 4. The van der Waals surface area contributed by atoms with Gasteiger partial charge in [0.1, 0.15) is 0 Å². The fraction of sp³-hybridized carbons (Fsp3) is 0.933. The molecule has 2 heterocycles. The fourth-order valence-corrected chi connectivity index (χ4v) is 3.26. The predicted octanol–water partition coefficient (Wildman–Crippen LogP) is 2.84. The van der Waals surface area contributed by atoms with Gasteiger partial charge < -0.3 is 10.2 Å². The minimum atomic E-state index is 0. The van der Waals surface area contributed by atoms with Crippen LogP contribution in [0, 0.1) is 11.3 Å². The summed E-state index contributed by atoms with van der Waals surface area (Å²) in [6.45, 7) is 8.78. The van der Waals surface area contributed by atoms with Crippen molar-refractivity contribution in [1.29, 1.82) is 0 Å². The Labute approximate surface area is 123 Å². The van der Waals surface area contributed by atoms with Crippen LogP contribution in [0.15, 0.2) is 0 Å². The van der Waals surface area contributed by atoms with Crippen LogP contribution in [0.25, 0.3) is 0 Å². The van der Waals surface area contributed by atoms with Gasteiger partial charge in [0, 0.05) is 19.5 Å². The molecule has 1 amide bonds. The molecular weight excluding hydrogens is 260 g/mol. The Hall–Kier alpha value is -0.280. The van der Waals surface area contributed by atoms with E-state index in [1.807, 2.05) is 0 Å². The highest BCUT2D eigenvalue weighted by Crippen LogP contribution is 2.32. The molecular formula is C15H29ClN2O. The Balaban J connectivity index is 0.00000180. The van der Waals surface area contributed by atoms with Gasteiger partial charge in [0.05, 0.1) is 0 Å². The fourth-order valence-electron chi connectivity index (χ4n) is 3.26. The first-order valence-corrected chi connectivity index (χ1v) is 7.61. The van der Waals surface area contributed by atoms with Crippen LogP contribution in [0.3, 0.4) is 0 Å². The van der Waals surface area contributed by atoms with E-state index in [9.17, 15) is 4.79 Å². The van der Waals surface area contributed by atoms with Crippen LogP contribution in [-0.2, 0) is 4.79 Å². The van der Waals surface area contributed by atoms with Gasteiger partial charge in [-0.15, -0.1) is 12.4 Å². The van der Waals surface area contributed by atoms with Crippen molar-refractivity contribution in [2.24, 2.45) is 11.3 Å². The molecule has 2 saturated heterocycles. The van der Waals surface area contributed by atoms with Crippen LogP contribution in [0.5, 0.6) is 0 Å². The Kier molecular flexibility index (Phi) is 6.61. The van der Waals surface area contributed by atoms with Gasteiger partial charge >= 0.3 is 0 Å². The molecule has 2 fully saturated rings. The van der Waals surface area contributed by atoms with Gasteiger partial charge in [-0.3, -0.25) is 4.79 Å². The first-order chi connectivity index (χ1) is 8.63. The SMILES string of the molecule is CCC1(C)CCCN(C(=O)CCC2CCNC2)C1.Cl. The van der Waals surface area contributed by atoms with Crippen molar-refractivity contribution >= 4 is 18.3 Å². The maximum Gasteiger partial charge on any atom is 0.222 e. The molecule has 0 aliphatic carbocycles. The first-order valence-electron chi connectivity index (χ1n) is 7.61. The number of likely N-dealkylation sites (tertiary alicyclic amines) is 1. The van der Waals surface area contributed by atoms with Crippen molar-refractivity contribution in [2.45, 2.75) is 52.4 Å². The zero-order chi connectivity index (χ0) is 13.0. The van der Waals surface area contributed by atoms with Crippen molar-refractivity contribution in [3.05, 3.63) is 0 Å². The van der Waals surface area contributed by atoms with Crippen molar-refractivity contribution < 1.29 is 4.79 Å². The minimum Gasteiger partial charge on any atom is -0.342 e. The molecule has 0 aromatic carbocycles. The molecule has 0 aromatic heterocycles. The Morgan fingerprint density at radius 2 is 2.26 bits per heavy atom. The normalized spacial score (nSPS) is 31.1. The second kappa shape index (κ2) is 7.49. The van der Waals surface area contributed by atoms with Gasteiger partial charge in [-0.2, -0.15) is 0 Å². The largest absolute Gasteiger partial charge is 0.342 e. The molecule has 1 N–H and O–H groups in total. The number of halogens is 1. The molecule has 2 aliphatic heterocycles. The Bertz CT molecular complexity index is 292. The van der Waals surface area contributed by atoms with Crippen LogP contribution < -0.4 is 5.32 Å². The summed E-state index contributed by atoms with van der Waals surface area (Å²) in [5.74, 6) is 1.12. The van der Waals surface area contributed by atoms with Gasteiger partial charge in [-0.1, -0.05) is 13.8 Å². The summed E-state index contributed by atoms with van der Waals surface area (Å²) >= 11 is 0. The number of nitrogens with zero attached hydrogens (tertiary/aromatic N) is 1. The molecule has 0 radical (unpaired) electrons. The lowest BCUT2D eigenvalue weighted by molar-refractivity contribution is -0.134. The van der Waals surface area contributed by atoms with E-state index >= 15 is 0 Å². The predicted molar refractivity (Wildman–Crippen MR) is 81.7 cm³/mol. The topological polar surface area (TPSA) is 32.3 Å². The molecule has 4 heteroatoms. The number of amides is 1. The van der Waals surface area contributed by atoms with Crippen molar-refractivity contribution in [1.82, 2.24) is 10.2 Å². The number of hydrogen-bond donors (Lipinski definition) is 1. The lowest BCUT2D eigenvalue weighted by atomic mass is 9.79. The van der Waals surface area contributed by atoms with Gasteiger partial charge in [-0.25, -0.2) is 0 Å². The van der Waals surface area contributed by atoms with Crippen LogP contribution in [0.1, 0.15) is 52.4 Å². The van der Waals surface area contributed by atoms with Crippen LogP contribution in [0.2, 0.25) is 0 Å². The van der Waals surface area contributed by atoms with Crippen molar-refractivity contribution in [2.75, 3.05) is 26.2 Å². The summed E-state index contributed by atoms with van der Waals surface area (Å²) < 4.78 is 0. The summed E-state index contributed by atoms with van der Waals surface area (Å²) in [5, 5.41) is 3.37. The quantitative estimate of drug-likeness (QED) is 0.863. The highest BCUT2D eigenvalue weighted by atomic mass is 35.5. The second-order valence-electron chi connectivity index (χ2n) is 6.48. The van der Waals surface area contributed by atoms with E-state index in [4.69, 9.17) is 0 Å². The molecule has 2 rings (SSSR count). The molecule has 2 aliphatic rings. The monoisotopic (exact) mass is 288 g/mol. The zero-order valence-corrected chi connectivity index (χ0v) is 13.2. The summed E-state index contributed by atoms with van der Waals surface area (Å²) in [7, 11) is 0. The van der Waals surface area contributed by atoms with E-state index in [-0.39, 0.29) is 12.4 Å². The average Bonchev–Trinajstić information content (AvgIpc) is 2.89. The first kappa shape index (κ1) is 16.8. The lowest BCUT2D eigenvalue weighted by Crippen LogP contribution is -2.44. The maximum absolute atomic E-state index is 12.3. The average molecular weight is 289 g/mol. The molecule has 0 aromatic rings. The number of piperidine rings is 1. The third-order valence-electron chi connectivity index (χ3n) is 4.92. The standard InChI is InChI=1S/C15H28N2O.ClH/c1-3-15(2)8-4-10-17(12-15)14(18)6-5-13-7-9-16-11-13;/h13,16H,3-12H2,1-2H3;1H. The highest BCUT2D eigenvalue weighted by Gasteiger charge is 2.31. The van der Waals surface area contributed by atoms with E-state index in [0.29, 0.717) is 11.3 Å². The summed E-state index contributed by atoms with van der Waals surface area (Å²) in [4.78, 5) is 14.4. The maximum atomic E-state index is 12.3. The van der Waals surface area contributed by atoms with Crippen molar-refractivity contribution in [3.8, 4) is 0 Å². The summed E-state index contributed by atoms with van der Waals surface area (Å²) in [6, 6.07) is 0. The number of carbonyl (C=O) groups excluding carboxylic acids is 1. The molecule has 112 valence electrons. The van der Waals surface area contributed by atoms with Gasteiger partial charge in [0.2, 0.25) is 5.91 Å². The molecule has 19 heavy (non-hydrogen) atoms. The molecule has 0 saturated carbocycles. The summed E-state index contributed by atoms with van der Waals surface area (Å²) in [5.41, 5.74) is 0.364. The Morgan fingerprint density at radius 1 is 1.47 bits per heavy atom.